The molecule has 5 nitrogen and oxygen atoms in total. The van der Waals surface area contributed by atoms with E-state index < -0.39 is 0 Å². The smallest absolute Gasteiger partial charge is 0.233 e. The molecule has 1 aliphatic heterocycles. The van der Waals surface area contributed by atoms with E-state index in [-0.39, 0.29) is 11.2 Å². The van der Waals surface area contributed by atoms with Gasteiger partial charge in [0.05, 0.1) is 10.3 Å². The Morgan fingerprint density at radius 1 is 1.32 bits per heavy atom. The summed E-state index contributed by atoms with van der Waals surface area (Å²) >= 11 is 7.69. The summed E-state index contributed by atoms with van der Waals surface area (Å²) in [5, 5.41) is 12.7. The highest BCUT2D eigenvalue weighted by Gasteiger charge is 2.24. The number of thioether (sulfide) groups is 1. The number of aromatic nitrogens is 3. The summed E-state index contributed by atoms with van der Waals surface area (Å²) in [6.45, 7) is 0.763. The maximum atomic E-state index is 12.1. The number of carbonyl (C=O) groups is 1. The van der Waals surface area contributed by atoms with Crippen LogP contribution in [0, 0.1) is 0 Å². The predicted octanol–water partition coefficient (Wildman–Crippen LogP) is 2.90. The SMILES string of the molecule is Cn1c(S[C@H]2CCCCNC2=O)nnc1-c1ccccc1Cl. The van der Waals surface area contributed by atoms with Crippen LogP contribution in [0.1, 0.15) is 19.3 Å². The third kappa shape index (κ3) is 3.13. The highest BCUT2D eigenvalue weighted by Crippen LogP contribution is 2.31. The van der Waals surface area contributed by atoms with Crippen molar-refractivity contribution < 1.29 is 4.79 Å². The van der Waals surface area contributed by atoms with E-state index in [1.54, 1.807) is 0 Å². The zero-order chi connectivity index (χ0) is 15.5. The Bertz CT molecular complexity index is 688. The molecule has 1 aromatic carbocycles. The number of hydrogen-bond donors (Lipinski definition) is 1. The maximum Gasteiger partial charge on any atom is 0.233 e. The summed E-state index contributed by atoms with van der Waals surface area (Å²) in [6.07, 6.45) is 2.95. The van der Waals surface area contributed by atoms with E-state index in [2.05, 4.69) is 15.5 Å². The van der Waals surface area contributed by atoms with Crippen LogP contribution in [0.25, 0.3) is 11.4 Å². The van der Waals surface area contributed by atoms with E-state index >= 15 is 0 Å². The number of carbonyl (C=O) groups excluding carboxylic acids is 1. The molecule has 0 spiro atoms. The van der Waals surface area contributed by atoms with Crippen LogP contribution in [0.2, 0.25) is 5.02 Å². The summed E-state index contributed by atoms with van der Waals surface area (Å²) in [4.78, 5) is 12.1. The molecule has 0 radical (unpaired) electrons. The molecule has 0 saturated carbocycles. The Morgan fingerprint density at radius 2 is 2.14 bits per heavy atom. The maximum absolute atomic E-state index is 12.1. The zero-order valence-corrected chi connectivity index (χ0v) is 13.8. The van der Waals surface area contributed by atoms with Gasteiger partial charge in [-0.3, -0.25) is 4.79 Å². The van der Waals surface area contributed by atoms with Crippen molar-refractivity contribution in [3.63, 3.8) is 0 Å². The summed E-state index contributed by atoms with van der Waals surface area (Å²) in [6, 6.07) is 7.55. The summed E-state index contributed by atoms with van der Waals surface area (Å²) in [7, 11) is 1.90. The van der Waals surface area contributed by atoms with Crippen LogP contribution in [0.5, 0.6) is 0 Å². The summed E-state index contributed by atoms with van der Waals surface area (Å²) in [5.74, 6) is 0.798. The zero-order valence-electron chi connectivity index (χ0n) is 12.3. The quantitative estimate of drug-likeness (QED) is 0.936. The highest BCUT2D eigenvalue weighted by atomic mass is 35.5. The average molecular weight is 337 g/mol. The van der Waals surface area contributed by atoms with Crippen LogP contribution < -0.4 is 5.32 Å². The second-order valence-electron chi connectivity index (χ2n) is 5.24. The van der Waals surface area contributed by atoms with E-state index in [0.717, 1.165) is 36.5 Å². The molecule has 1 amide bonds. The second-order valence-corrected chi connectivity index (χ2v) is 6.82. The molecule has 2 heterocycles. The first-order chi connectivity index (χ1) is 10.7. The molecule has 7 heteroatoms. The minimum absolute atomic E-state index is 0.0878. The van der Waals surface area contributed by atoms with E-state index in [9.17, 15) is 4.79 Å². The first kappa shape index (κ1) is 15.4. The van der Waals surface area contributed by atoms with Gasteiger partial charge in [0.1, 0.15) is 0 Å². The number of nitrogens with one attached hydrogen (secondary N) is 1. The lowest BCUT2D eigenvalue weighted by Gasteiger charge is -2.12. The molecule has 1 atom stereocenters. The Kier molecular flexibility index (Phi) is 4.69. The van der Waals surface area contributed by atoms with Gasteiger partial charge in [-0.05, 0) is 25.0 Å². The molecule has 1 saturated heterocycles. The van der Waals surface area contributed by atoms with Crippen molar-refractivity contribution in [1.29, 1.82) is 0 Å². The number of rotatable bonds is 3. The van der Waals surface area contributed by atoms with Gasteiger partial charge in [0.25, 0.3) is 0 Å². The lowest BCUT2D eigenvalue weighted by Crippen LogP contribution is -2.30. The number of hydrogen-bond acceptors (Lipinski definition) is 4. The fraction of sp³-hybridized carbons (Fsp3) is 0.400. The van der Waals surface area contributed by atoms with E-state index in [0.29, 0.717) is 10.8 Å². The van der Waals surface area contributed by atoms with Gasteiger partial charge in [0, 0.05) is 19.2 Å². The average Bonchev–Trinajstić information content (AvgIpc) is 2.74. The van der Waals surface area contributed by atoms with Gasteiger partial charge >= 0.3 is 0 Å². The van der Waals surface area contributed by atoms with Crippen molar-refractivity contribution in [2.24, 2.45) is 7.05 Å². The van der Waals surface area contributed by atoms with Crippen LogP contribution in [0.15, 0.2) is 29.4 Å². The Balaban J connectivity index is 1.84. The molecule has 1 aromatic heterocycles. The van der Waals surface area contributed by atoms with Crippen molar-refractivity contribution in [2.75, 3.05) is 6.54 Å². The monoisotopic (exact) mass is 336 g/mol. The molecule has 2 aromatic rings. The molecule has 0 aliphatic carbocycles. The van der Waals surface area contributed by atoms with Crippen molar-refractivity contribution >= 4 is 29.3 Å². The number of halogens is 1. The Labute approximate surface area is 138 Å². The van der Waals surface area contributed by atoms with Gasteiger partial charge in [0.15, 0.2) is 11.0 Å². The van der Waals surface area contributed by atoms with Crippen LogP contribution in [0.4, 0.5) is 0 Å². The molecular formula is C15H17ClN4OS. The molecule has 1 aliphatic rings. The second kappa shape index (κ2) is 6.71. The minimum Gasteiger partial charge on any atom is -0.355 e. The number of amides is 1. The van der Waals surface area contributed by atoms with Gasteiger partial charge in [-0.15, -0.1) is 10.2 Å². The Morgan fingerprint density at radius 3 is 2.95 bits per heavy atom. The molecule has 0 bridgehead atoms. The highest BCUT2D eigenvalue weighted by molar-refractivity contribution is 8.00. The van der Waals surface area contributed by atoms with Gasteiger partial charge in [-0.2, -0.15) is 0 Å². The third-order valence-electron chi connectivity index (χ3n) is 3.68. The first-order valence-electron chi connectivity index (χ1n) is 7.25. The van der Waals surface area contributed by atoms with Crippen LogP contribution in [0.3, 0.4) is 0 Å². The normalized spacial score (nSPS) is 18.8. The summed E-state index contributed by atoms with van der Waals surface area (Å²) < 4.78 is 1.89. The third-order valence-corrected chi connectivity index (χ3v) is 5.31. The van der Waals surface area contributed by atoms with E-state index in [1.165, 1.54) is 11.8 Å². The first-order valence-corrected chi connectivity index (χ1v) is 8.51. The topological polar surface area (TPSA) is 59.8 Å². The lowest BCUT2D eigenvalue weighted by molar-refractivity contribution is -0.120. The summed E-state index contributed by atoms with van der Waals surface area (Å²) in [5.41, 5.74) is 0.844. The van der Waals surface area contributed by atoms with Gasteiger partial charge in [0.2, 0.25) is 5.91 Å². The van der Waals surface area contributed by atoms with Crippen molar-refractivity contribution in [1.82, 2.24) is 20.1 Å². The van der Waals surface area contributed by atoms with Crippen LogP contribution in [-0.2, 0) is 11.8 Å². The fourth-order valence-corrected chi connectivity index (χ4v) is 3.73. The van der Waals surface area contributed by atoms with E-state index in [1.807, 2.05) is 35.9 Å². The largest absolute Gasteiger partial charge is 0.355 e. The molecule has 1 fully saturated rings. The van der Waals surface area contributed by atoms with E-state index in [4.69, 9.17) is 11.6 Å². The number of nitrogens with zero attached hydrogens (tertiary/aromatic N) is 3. The fourth-order valence-electron chi connectivity index (χ4n) is 2.45. The minimum atomic E-state index is -0.107. The molecule has 116 valence electrons. The molecule has 22 heavy (non-hydrogen) atoms. The molecular weight excluding hydrogens is 320 g/mol. The van der Waals surface area contributed by atoms with Crippen molar-refractivity contribution in [3.05, 3.63) is 29.3 Å². The molecule has 0 unspecified atom stereocenters. The predicted molar refractivity (Wildman–Crippen MR) is 88.0 cm³/mol. The van der Waals surface area contributed by atoms with Crippen LogP contribution >= 0.6 is 23.4 Å². The van der Waals surface area contributed by atoms with Crippen LogP contribution in [-0.4, -0.2) is 32.5 Å². The molecule has 1 N–H and O–H groups in total. The van der Waals surface area contributed by atoms with Crippen molar-refractivity contribution in [2.45, 2.75) is 29.7 Å². The van der Waals surface area contributed by atoms with Crippen molar-refractivity contribution in [3.8, 4) is 11.4 Å². The number of benzene rings is 1. The van der Waals surface area contributed by atoms with Gasteiger partial charge in [-0.1, -0.05) is 41.9 Å². The Hall–Kier alpha value is -1.53. The van der Waals surface area contributed by atoms with Gasteiger partial charge in [-0.25, -0.2) is 0 Å². The molecule has 3 rings (SSSR count). The standard InChI is InChI=1S/C15H17ClN4OS/c1-20-13(10-6-2-3-7-11(10)16)18-19-15(20)22-12-8-4-5-9-17-14(12)21/h2-3,6-7,12H,4-5,8-9H2,1H3,(H,17,21)/t12-/m0/s1. The van der Waals surface area contributed by atoms with Gasteiger partial charge < -0.3 is 9.88 Å². The lowest BCUT2D eigenvalue weighted by atomic mass is 10.2.